The molecule has 0 bridgehead atoms. The molecule has 0 saturated heterocycles. The van der Waals surface area contributed by atoms with Gasteiger partial charge in [-0.05, 0) is 92.9 Å². The van der Waals surface area contributed by atoms with Crippen molar-refractivity contribution in [2.45, 2.75) is 38.7 Å². The zero-order valence-corrected chi connectivity index (χ0v) is 19.8. The third kappa shape index (κ3) is 5.81. The molecule has 0 fully saturated rings. The SMILES string of the molecule is Cc1ccc(O[C@H](C)C(=O)Nc2ccc(S(=O)(=O)Nc3cc(Cl)ccc3C)cc2)cc1C. The lowest BCUT2D eigenvalue weighted by molar-refractivity contribution is -0.122. The molecule has 0 heterocycles. The molecule has 0 unspecified atom stereocenters. The Morgan fingerprint density at radius 3 is 2.22 bits per heavy atom. The maximum Gasteiger partial charge on any atom is 0.265 e. The normalized spacial score (nSPS) is 12.2. The molecule has 0 radical (unpaired) electrons. The standard InChI is InChI=1S/C24H25ClN2O4S/c1-15-6-10-21(13-17(15)3)31-18(4)24(28)26-20-8-11-22(12-9-20)32(29,30)27-23-14-19(25)7-5-16(23)2/h5-14,18,27H,1-4H3,(H,26,28)/t18-/m1/s1. The smallest absolute Gasteiger partial charge is 0.265 e. The van der Waals surface area contributed by atoms with E-state index in [1.807, 2.05) is 32.0 Å². The maximum absolute atomic E-state index is 12.7. The van der Waals surface area contributed by atoms with Gasteiger partial charge in [0.15, 0.2) is 6.10 Å². The third-order valence-corrected chi connectivity index (χ3v) is 6.65. The van der Waals surface area contributed by atoms with Crippen molar-refractivity contribution in [3.05, 3.63) is 82.4 Å². The number of nitrogens with one attached hydrogen (secondary N) is 2. The van der Waals surface area contributed by atoms with Crippen LogP contribution in [0.5, 0.6) is 5.75 Å². The van der Waals surface area contributed by atoms with Crippen LogP contribution >= 0.6 is 11.6 Å². The molecule has 0 saturated carbocycles. The summed E-state index contributed by atoms with van der Waals surface area (Å²) in [5, 5.41) is 3.17. The number of amides is 1. The van der Waals surface area contributed by atoms with Crippen molar-refractivity contribution >= 4 is 38.9 Å². The molecule has 168 valence electrons. The lowest BCUT2D eigenvalue weighted by atomic mass is 10.1. The highest BCUT2D eigenvalue weighted by Gasteiger charge is 2.18. The molecule has 0 aliphatic carbocycles. The zero-order chi connectivity index (χ0) is 23.5. The highest BCUT2D eigenvalue weighted by Crippen LogP contribution is 2.24. The van der Waals surface area contributed by atoms with Gasteiger partial charge in [0, 0.05) is 10.7 Å². The minimum atomic E-state index is -3.81. The topological polar surface area (TPSA) is 84.5 Å². The van der Waals surface area contributed by atoms with Crippen LogP contribution in [0, 0.1) is 20.8 Å². The Kier molecular flexibility index (Phi) is 7.11. The lowest BCUT2D eigenvalue weighted by Gasteiger charge is -2.16. The van der Waals surface area contributed by atoms with Crippen molar-refractivity contribution in [1.82, 2.24) is 0 Å². The predicted molar refractivity (Wildman–Crippen MR) is 128 cm³/mol. The van der Waals surface area contributed by atoms with Gasteiger partial charge in [-0.2, -0.15) is 0 Å². The van der Waals surface area contributed by atoms with Crippen molar-refractivity contribution in [2.24, 2.45) is 0 Å². The van der Waals surface area contributed by atoms with Crippen molar-refractivity contribution in [3.8, 4) is 5.75 Å². The van der Waals surface area contributed by atoms with E-state index >= 15 is 0 Å². The van der Waals surface area contributed by atoms with E-state index in [2.05, 4.69) is 10.0 Å². The number of halogens is 1. The summed E-state index contributed by atoms with van der Waals surface area (Å²) in [6.45, 7) is 7.42. The van der Waals surface area contributed by atoms with Crippen LogP contribution in [0.1, 0.15) is 23.6 Å². The third-order valence-electron chi connectivity index (χ3n) is 5.04. The highest BCUT2D eigenvalue weighted by atomic mass is 35.5. The minimum absolute atomic E-state index is 0.0642. The van der Waals surface area contributed by atoms with E-state index in [0.717, 1.165) is 16.7 Å². The molecule has 2 N–H and O–H groups in total. The van der Waals surface area contributed by atoms with Crippen molar-refractivity contribution in [3.63, 3.8) is 0 Å². The van der Waals surface area contributed by atoms with Gasteiger partial charge >= 0.3 is 0 Å². The Hall–Kier alpha value is -3.03. The quantitative estimate of drug-likeness (QED) is 0.477. The first-order chi connectivity index (χ1) is 15.0. The molecule has 0 aliphatic rings. The van der Waals surface area contributed by atoms with Crippen molar-refractivity contribution < 1.29 is 17.9 Å². The first-order valence-electron chi connectivity index (χ1n) is 9.99. The first-order valence-corrected chi connectivity index (χ1v) is 11.8. The van der Waals surface area contributed by atoms with Gasteiger partial charge in [-0.25, -0.2) is 8.42 Å². The molecule has 3 aromatic carbocycles. The number of anilines is 2. The number of carbonyl (C=O) groups excluding carboxylic acids is 1. The van der Waals surface area contributed by atoms with E-state index in [1.165, 1.54) is 24.3 Å². The van der Waals surface area contributed by atoms with Gasteiger partial charge in [0.25, 0.3) is 15.9 Å². The summed E-state index contributed by atoms with van der Waals surface area (Å²) in [5.41, 5.74) is 3.84. The second kappa shape index (κ2) is 9.63. The van der Waals surface area contributed by atoms with Crippen LogP contribution in [0.15, 0.2) is 65.6 Å². The number of aryl methyl sites for hydroxylation is 3. The van der Waals surface area contributed by atoms with Crippen LogP contribution in [0.4, 0.5) is 11.4 Å². The fourth-order valence-corrected chi connectivity index (χ4v) is 4.21. The Bertz CT molecular complexity index is 1240. The minimum Gasteiger partial charge on any atom is -0.481 e. The maximum atomic E-state index is 12.7. The molecule has 1 amide bonds. The summed E-state index contributed by atoms with van der Waals surface area (Å²) in [5.74, 6) is 0.270. The summed E-state index contributed by atoms with van der Waals surface area (Å²) in [6, 6.07) is 16.5. The molecule has 0 aliphatic heterocycles. The van der Waals surface area contributed by atoms with E-state index in [4.69, 9.17) is 16.3 Å². The molecule has 6 nitrogen and oxygen atoms in total. The fourth-order valence-electron chi connectivity index (χ4n) is 2.91. The van der Waals surface area contributed by atoms with Gasteiger partial charge < -0.3 is 10.1 Å². The van der Waals surface area contributed by atoms with Gasteiger partial charge in [-0.15, -0.1) is 0 Å². The van der Waals surface area contributed by atoms with E-state index < -0.39 is 16.1 Å². The Morgan fingerprint density at radius 2 is 1.56 bits per heavy atom. The molecule has 1 atom stereocenters. The van der Waals surface area contributed by atoms with Crippen LogP contribution in [0.25, 0.3) is 0 Å². The average Bonchev–Trinajstić information content (AvgIpc) is 2.73. The molecular weight excluding hydrogens is 448 g/mol. The lowest BCUT2D eigenvalue weighted by Crippen LogP contribution is -2.30. The number of sulfonamides is 1. The summed E-state index contributed by atoms with van der Waals surface area (Å²) in [7, 11) is -3.81. The predicted octanol–water partition coefficient (Wildman–Crippen LogP) is 5.47. The van der Waals surface area contributed by atoms with Crippen LogP contribution < -0.4 is 14.8 Å². The zero-order valence-electron chi connectivity index (χ0n) is 18.3. The molecule has 0 aromatic heterocycles. The summed E-state index contributed by atoms with van der Waals surface area (Å²) < 4.78 is 33.7. The fraction of sp³-hybridized carbons (Fsp3) is 0.208. The second-order valence-electron chi connectivity index (χ2n) is 7.58. The number of carbonyl (C=O) groups is 1. The number of rotatable bonds is 7. The summed E-state index contributed by atoms with van der Waals surface area (Å²) in [6.07, 6.45) is -0.729. The molecule has 3 rings (SSSR count). The van der Waals surface area contributed by atoms with Crippen LogP contribution in [0.2, 0.25) is 5.02 Å². The van der Waals surface area contributed by atoms with E-state index in [1.54, 1.807) is 32.0 Å². The highest BCUT2D eigenvalue weighted by molar-refractivity contribution is 7.92. The second-order valence-corrected chi connectivity index (χ2v) is 9.70. The average molecular weight is 473 g/mol. The van der Waals surface area contributed by atoms with E-state index in [0.29, 0.717) is 22.1 Å². The first kappa shape index (κ1) is 23.6. The number of hydrogen-bond acceptors (Lipinski definition) is 4. The van der Waals surface area contributed by atoms with Gasteiger partial charge in [0.2, 0.25) is 0 Å². The molecule has 32 heavy (non-hydrogen) atoms. The van der Waals surface area contributed by atoms with Gasteiger partial charge in [0.05, 0.1) is 10.6 Å². The molecular formula is C24H25ClN2O4S. The van der Waals surface area contributed by atoms with Crippen molar-refractivity contribution in [1.29, 1.82) is 0 Å². The van der Waals surface area contributed by atoms with Crippen LogP contribution in [-0.2, 0) is 14.8 Å². The van der Waals surface area contributed by atoms with Gasteiger partial charge in [0.1, 0.15) is 5.75 Å². The van der Waals surface area contributed by atoms with E-state index in [-0.39, 0.29) is 10.8 Å². The van der Waals surface area contributed by atoms with Gasteiger partial charge in [-0.3, -0.25) is 9.52 Å². The number of hydrogen-bond donors (Lipinski definition) is 2. The summed E-state index contributed by atoms with van der Waals surface area (Å²) >= 11 is 5.97. The Balaban J connectivity index is 1.66. The van der Waals surface area contributed by atoms with Crippen molar-refractivity contribution in [2.75, 3.05) is 10.0 Å². The Labute approximate surface area is 193 Å². The monoisotopic (exact) mass is 472 g/mol. The molecule has 3 aromatic rings. The molecule has 0 spiro atoms. The van der Waals surface area contributed by atoms with E-state index in [9.17, 15) is 13.2 Å². The summed E-state index contributed by atoms with van der Waals surface area (Å²) in [4.78, 5) is 12.5. The Morgan fingerprint density at radius 1 is 0.906 bits per heavy atom. The van der Waals surface area contributed by atoms with Gasteiger partial charge in [-0.1, -0.05) is 23.7 Å². The van der Waals surface area contributed by atoms with Crippen LogP contribution in [-0.4, -0.2) is 20.4 Å². The number of ether oxygens (including phenoxy) is 1. The number of benzene rings is 3. The molecule has 8 heteroatoms. The largest absolute Gasteiger partial charge is 0.481 e. The van der Waals surface area contributed by atoms with Crippen LogP contribution in [0.3, 0.4) is 0 Å².